The van der Waals surface area contributed by atoms with Gasteiger partial charge in [0.15, 0.2) is 0 Å². The van der Waals surface area contributed by atoms with Crippen molar-refractivity contribution in [3.05, 3.63) is 52.7 Å². The molecule has 37 heavy (non-hydrogen) atoms. The van der Waals surface area contributed by atoms with Gasteiger partial charge in [-0.3, -0.25) is 4.79 Å². The molecule has 0 saturated carbocycles. The number of anilines is 1. The third kappa shape index (κ3) is 6.27. The van der Waals surface area contributed by atoms with Crippen LogP contribution in [0.25, 0.3) is 0 Å². The molecule has 0 spiro atoms. The predicted molar refractivity (Wildman–Crippen MR) is 131 cm³/mol. The molecule has 3 rings (SSSR count). The number of carbonyl (C=O) groups is 2. The molecule has 1 fully saturated rings. The van der Waals surface area contributed by atoms with E-state index >= 15 is 0 Å². The van der Waals surface area contributed by atoms with Gasteiger partial charge in [-0.25, -0.2) is 9.78 Å². The van der Waals surface area contributed by atoms with Crippen LogP contribution in [0.4, 0.5) is 19.0 Å². The highest BCUT2D eigenvalue weighted by molar-refractivity contribution is 6.32. The average Bonchev–Trinajstić information content (AvgIpc) is 2.87. The Hall–Kier alpha value is -3.05. The van der Waals surface area contributed by atoms with Crippen LogP contribution in [0.2, 0.25) is 5.15 Å². The van der Waals surface area contributed by atoms with Gasteiger partial charge in [0.1, 0.15) is 16.7 Å². The van der Waals surface area contributed by atoms with Crippen LogP contribution < -0.4 is 9.64 Å². The third-order valence-corrected chi connectivity index (χ3v) is 6.95. The number of hydrogen-bond donors (Lipinski definition) is 2. The summed E-state index contributed by atoms with van der Waals surface area (Å²) in [4.78, 5) is 31.0. The number of carboxylic acid groups (broad SMARTS) is 1. The fourth-order valence-corrected chi connectivity index (χ4v) is 4.69. The number of likely N-dealkylation sites (N-methyl/N-ethyl adjacent to an activating group) is 1. The number of carboxylic acids is 1. The van der Waals surface area contributed by atoms with Crippen molar-refractivity contribution in [1.82, 2.24) is 9.88 Å². The number of alkyl halides is 3. The van der Waals surface area contributed by atoms with Gasteiger partial charge in [-0.1, -0.05) is 23.7 Å². The van der Waals surface area contributed by atoms with Crippen molar-refractivity contribution in [1.29, 1.82) is 0 Å². The predicted octanol–water partition coefficient (Wildman–Crippen LogP) is 4.35. The number of piperidine rings is 1. The fourth-order valence-electron chi connectivity index (χ4n) is 4.46. The van der Waals surface area contributed by atoms with E-state index in [1.165, 1.54) is 32.4 Å². The van der Waals surface area contributed by atoms with Gasteiger partial charge >= 0.3 is 12.1 Å². The third-order valence-electron chi connectivity index (χ3n) is 6.66. The molecule has 1 aliphatic heterocycles. The van der Waals surface area contributed by atoms with Crippen molar-refractivity contribution >= 4 is 29.3 Å². The van der Waals surface area contributed by atoms with Gasteiger partial charge in [0.25, 0.3) is 11.5 Å². The van der Waals surface area contributed by atoms with E-state index in [2.05, 4.69) is 4.98 Å². The summed E-state index contributed by atoms with van der Waals surface area (Å²) in [6, 6.07) is 7.79. The quantitative estimate of drug-likeness (QED) is 0.453. The number of rotatable bonds is 9. The van der Waals surface area contributed by atoms with E-state index in [1.54, 1.807) is 6.07 Å². The van der Waals surface area contributed by atoms with Crippen LogP contribution in [0.15, 0.2) is 36.4 Å². The molecule has 2 heterocycles. The maximum atomic E-state index is 13.9. The van der Waals surface area contributed by atoms with Gasteiger partial charge in [-0.15, -0.1) is 0 Å². The minimum atomic E-state index is -5.23. The van der Waals surface area contributed by atoms with E-state index in [0.717, 1.165) is 29.9 Å². The number of aromatic nitrogens is 1. The first kappa shape index (κ1) is 28.5. The van der Waals surface area contributed by atoms with Gasteiger partial charge in [-0.05, 0) is 55.9 Å². The number of carbonyl (C=O) groups excluding carboxylic acids is 1. The zero-order valence-corrected chi connectivity index (χ0v) is 21.2. The highest BCUT2D eigenvalue weighted by atomic mass is 35.5. The highest BCUT2D eigenvalue weighted by Crippen LogP contribution is 2.41. The Balaban J connectivity index is 1.55. The zero-order chi connectivity index (χ0) is 27.4. The lowest BCUT2D eigenvalue weighted by Gasteiger charge is -2.34. The largest absolute Gasteiger partial charge is 0.497 e. The summed E-state index contributed by atoms with van der Waals surface area (Å²) < 4.78 is 46.7. The van der Waals surface area contributed by atoms with Gasteiger partial charge in [0.05, 0.1) is 12.7 Å². The fraction of sp³-hybridized carbons (Fsp3) is 0.480. The van der Waals surface area contributed by atoms with Crippen molar-refractivity contribution < 1.29 is 37.7 Å². The van der Waals surface area contributed by atoms with E-state index in [-0.39, 0.29) is 23.0 Å². The summed E-state index contributed by atoms with van der Waals surface area (Å²) in [7, 11) is 2.53. The molecule has 1 saturated heterocycles. The molecule has 0 unspecified atom stereocenters. The Kier molecular flexibility index (Phi) is 8.91. The summed E-state index contributed by atoms with van der Waals surface area (Å²) >= 11 is 5.97. The van der Waals surface area contributed by atoms with Crippen LogP contribution in [0, 0.1) is 5.92 Å². The lowest BCUT2D eigenvalue weighted by molar-refractivity contribution is -0.261. The molecule has 1 aromatic carbocycles. The first-order valence-corrected chi connectivity index (χ1v) is 12.1. The number of ether oxygens (including phenoxy) is 1. The summed E-state index contributed by atoms with van der Waals surface area (Å²) in [5, 5.41) is 19.6. The maximum Gasteiger partial charge on any atom is 0.430 e. The first-order valence-electron chi connectivity index (χ1n) is 11.7. The van der Waals surface area contributed by atoms with Crippen LogP contribution in [0.3, 0.4) is 0 Å². The number of methoxy groups -OCH3 is 1. The molecule has 1 amide bonds. The molecule has 8 nitrogen and oxygen atoms in total. The number of benzene rings is 1. The minimum absolute atomic E-state index is 0.0508. The van der Waals surface area contributed by atoms with Gasteiger partial charge in [-0.2, -0.15) is 13.2 Å². The van der Waals surface area contributed by atoms with Crippen molar-refractivity contribution in [2.24, 2.45) is 5.92 Å². The minimum Gasteiger partial charge on any atom is -0.497 e. The Labute approximate surface area is 217 Å². The molecular weight excluding hydrogens is 515 g/mol. The van der Waals surface area contributed by atoms with E-state index in [4.69, 9.17) is 21.4 Å². The molecule has 2 N–H and O–H groups in total. The van der Waals surface area contributed by atoms with E-state index in [0.29, 0.717) is 37.7 Å². The summed E-state index contributed by atoms with van der Waals surface area (Å²) in [5.74, 6) is -1.62. The Morgan fingerprint density at radius 3 is 2.46 bits per heavy atom. The Bertz CT molecular complexity index is 1120. The van der Waals surface area contributed by atoms with Crippen LogP contribution in [-0.2, 0) is 10.4 Å². The number of halogens is 4. The van der Waals surface area contributed by atoms with E-state index < -0.39 is 29.2 Å². The molecule has 0 aliphatic carbocycles. The molecule has 202 valence electrons. The smallest absolute Gasteiger partial charge is 0.430 e. The Morgan fingerprint density at radius 2 is 1.89 bits per heavy atom. The number of hydrogen-bond acceptors (Lipinski definition) is 6. The molecule has 12 heteroatoms. The van der Waals surface area contributed by atoms with Crippen LogP contribution in [-0.4, -0.2) is 71.9 Å². The molecule has 2 aromatic rings. The molecule has 0 bridgehead atoms. The van der Waals surface area contributed by atoms with Crippen LogP contribution >= 0.6 is 11.6 Å². The zero-order valence-electron chi connectivity index (χ0n) is 20.5. The molecular formula is C25H29ClF3N3O5. The SMILES string of the molecule is COc1cccc([C@@](O)(C(=O)N(C)CCCC2CCN(c3ccc(C(=O)O)c(Cl)n3)CC2)C(F)(F)F)c1. The second kappa shape index (κ2) is 11.6. The summed E-state index contributed by atoms with van der Waals surface area (Å²) in [6.07, 6.45) is -2.46. The molecule has 1 aromatic heterocycles. The second-order valence-electron chi connectivity index (χ2n) is 9.05. The van der Waals surface area contributed by atoms with Gasteiger partial charge in [0.2, 0.25) is 0 Å². The first-order chi connectivity index (χ1) is 17.4. The number of nitrogens with zero attached hydrogens (tertiary/aromatic N) is 3. The monoisotopic (exact) mass is 543 g/mol. The van der Waals surface area contributed by atoms with Gasteiger partial charge in [0, 0.05) is 32.2 Å². The van der Waals surface area contributed by atoms with E-state index in [1.807, 2.05) is 4.90 Å². The topological polar surface area (TPSA) is 103 Å². The molecule has 1 atom stereocenters. The van der Waals surface area contributed by atoms with Gasteiger partial charge < -0.3 is 24.7 Å². The summed E-state index contributed by atoms with van der Waals surface area (Å²) in [6.45, 7) is 1.38. The normalized spacial score (nSPS) is 16.2. The lowest BCUT2D eigenvalue weighted by Crippen LogP contribution is -2.55. The van der Waals surface area contributed by atoms with Crippen molar-refractivity contribution in [3.63, 3.8) is 0 Å². The number of aliphatic hydroxyl groups is 1. The van der Waals surface area contributed by atoms with Crippen molar-refractivity contribution in [2.75, 3.05) is 38.7 Å². The standard InChI is InChI=1S/C25H29ClF3N3O5/c1-31(23(35)24(36,25(27,28)29)17-6-3-7-18(15-17)37-2)12-4-5-16-10-13-32(14-11-16)20-9-8-19(22(33)34)21(26)30-20/h3,6-9,15-16,36H,4-5,10-14H2,1-2H3,(H,33,34)/t24-/m1/s1. The Morgan fingerprint density at radius 1 is 1.22 bits per heavy atom. The lowest BCUT2D eigenvalue weighted by atomic mass is 9.90. The van der Waals surface area contributed by atoms with Crippen LogP contribution in [0.1, 0.15) is 41.6 Å². The number of aromatic carboxylic acids is 1. The van der Waals surface area contributed by atoms with Crippen molar-refractivity contribution in [3.8, 4) is 5.75 Å². The maximum absolute atomic E-state index is 13.9. The number of amides is 1. The molecule has 0 radical (unpaired) electrons. The molecule has 1 aliphatic rings. The number of pyridine rings is 1. The van der Waals surface area contributed by atoms with E-state index in [9.17, 15) is 27.9 Å². The highest BCUT2D eigenvalue weighted by Gasteiger charge is 2.61. The second-order valence-corrected chi connectivity index (χ2v) is 9.41. The average molecular weight is 544 g/mol. The summed E-state index contributed by atoms with van der Waals surface area (Å²) in [5.41, 5.74) is -4.36. The van der Waals surface area contributed by atoms with Crippen molar-refractivity contribution in [2.45, 2.75) is 37.5 Å². The van der Waals surface area contributed by atoms with Crippen LogP contribution in [0.5, 0.6) is 5.75 Å².